The van der Waals surface area contributed by atoms with E-state index in [1.165, 1.54) is 12.1 Å². The van der Waals surface area contributed by atoms with Crippen LogP contribution in [0.15, 0.2) is 60.8 Å². The number of aromatic nitrogens is 1. The highest BCUT2D eigenvalue weighted by atomic mass is 16.6. The summed E-state index contributed by atoms with van der Waals surface area (Å²) in [5.41, 5.74) is 3.03. The third-order valence-electron chi connectivity index (χ3n) is 3.24. The van der Waals surface area contributed by atoms with Crippen molar-refractivity contribution in [1.82, 2.24) is 4.98 Å². The van der Waals surface area contributed by atoms with Gasteiger partial charge in [0, 0.05) is 23.7 Å². The SMILES string of the molecule is O=[N+]([O-])c1ccc(/C=C\c2ccnc3ccccc23)cc1. The standard InChI is InChI=1S/C17H12N2O2/c20-19(21)15-9-6-13(7-10-15)5-8-14-11-12-18-17-4-2-1-3-16(14)17/h1-12H/b8-5-. The first-order valence-corrected chi connectivity index (χ1v) is 6.50. The van der Waals surface area contributed by atoms with Gasteiger partial charge in [0.2, 0.25) is 0 Å². The first-order chi connectivity index (χ1) is 10.2. The van der Waals surface area contributed by atoms with Gasteiger partial charge in [-0.05, 0) is 35.4 Å². The minimum Gasteiger partial charge on any atom is -0.258 e. The predicted octanol–water partition coefficient (Wildman–Crippen LogP) is 4.31. The molecule has 21 heavy (non-hydrogen) atoms. The number of hydrogen-bond donors (Lipinski definition) is 0. The van der Waals surface area contributed by atoms with Crippen LogP contribution in [-0.2, 0) is 0 Å². The van der Waals surface area contributed by atoms with E-state index in [1.807, 2.05) is 42.5 Å². The van der Waals surface area contributed by atoms with Crippen LogP contribution in [0.4, 0.5) is 5.69 Å². The van der Waals surface area contributed by atoms with Crippen molar-refractivity contribution in [3.05, 3.63) is 82.0 Å². The maximum atomic E-state index is 10.6. The van der Waals surface area contributed by atoms with Crippen molar-refractivity contribution in [2.75, 3.05) is 0 Å². The molecule has 0 spiro atoms. The van der Waals surface area contributed by atoms with Gasteiger partial charge in [0.25, 0.3) is 5.69 Å². The maximum Gasteiger partial charge on any atom is 0.269 e. The number of benzene rings is 2. The summed E-state index contributed by atoms with van der Waals surface area (Å²) in [5, 5.41) is 11.7. The lowest BCUT2D eigenvalue weighted by Crippen LogP contribution is -1.86. The summed E-state index contributed by atoms with van der Waals surface area (Å²) in [6, 6.07) is 16.4. The zero-order valence-electron chi connectivity index (χ0n) is 11.1. The Morgan fingerprint density at radius 3 is 2.48 bits per heavy atom. The van der Waals surface area contributed by atoms with Gasteiger partial charge in [0.05, 0.1) is 10.4 Å². The minimum atomic E-state index is -0.399. The Morgan fingerprint density at radius 1 is 0.952 bits per heavy atom. The molecule has 0 amide bonds. The number of hydrogen-bond acceptors (Lipinski definition) is 3. The molecule has 0 unspecified atom stereocenters. The molecule has 0 fully saturated rings. The molecule has 0 bridgehead atoms. The quantitative estimate of drug-likeness (QED) is 0.529. The molecule has 3 rings (SSSR count). The van der Waals surface area contributed by atoms with Crippen LogP contribution in [0.3, 0.4) is 0 Å². The Bertz CT molecular complexity index is 818. The smallest absolute Gasteiger partial charge is 0.258 e. The molecular formula is C17H12N2O2. The van der Waals surface area contributed by atoms with E-state index in [-0.39, 0.29) is 5.69 Å². The van der Waals surface area contributed by atoms with Crippen LogP contribution in [-0.4, -0.2) is 9.91 Å². The van der Waals surface area contributed by atoms with Gasteiger partial charge in [-0.25, -0.2) is 0 Å². The largest absolute Gasteiger partial charge is 0.269 e. The number of nitrogens with zero attached hydrogens (tertiary/aromatic N) is 2. The van der Waals surface area contributed by atoms with Crippen LogP contribution in [0.1, 0.15) is 11.1 Å². The van der Waals surface area contributed by atoms with Crippen molar-refractivity contribution in [3.8, 4) is 0 Å². The molecule has 0 N–H and O–H groups in total. The fourth-order valence-corrected chi connectivity index (χ4v) is 2.16. The van der Waals surface area contributed by atoms with Gasteiger partial charge in [-0.2, -0.15) is 0 Å². The minimum absolute atomic E-state index is 0.0986. The van der Waals surface area contributed by atoms with Crippen LogP contribution in [0.5, 0.6) is 0 Å². The highest BCUT2D eigenvalue weighted by Gasteiger charge is 2.02. The molecule has 102 valence electrons. The molecule has 4 heteroatoms. The van der Waals surface area contributed by atoms with Crippen molar-refractivity contribution in [2.24, 2.45) is 0 Å². The predicted molar refractivity (Wildman–Crippen MR) is 83.8 cm³/mol. The summed E-state index contributed by atoms with van der Waals surface area (Å²) >= 11 is 0. The van der Waals surface area contributed by atoms with Crippen LogP contribution < -0.4 is 0 Å². The molecule has 0 saturated carbocycles. The van der Waals surface area contributed by atoms with E-state index in [2.05, 4.69) is 4.98 Å². The van der Waals surface area contributed by atoms with E-state index >= 15 is 0 Å². The Kier molecular flexibility index (Phi) is 3.43. The van der Waals surface area contributed by atoms with Crippen LogP contribution in [0.25, 0.3) is 23.1 Å². The van der Waals surface area contributed by atoms with Crippen LogP contribution >= 0.6 is 0 Å². The van der Waals surface area contributed by atoms with Crippen molar-refractivity contribution < 1.29 is 4.92 Å². The molecule has 3 aromatic rings. The summed E-state index contributed by atoms with van der Waals surface area (Å²) in [4.78, 5) is 14.5. The Balaban J connectivity index is 1.92. The molecule has 0 aliphatic rings. The maximum absolute atomic E-state index is 10.6. The zero-order valence-corrected chi connectivity index (χ0v) is 11.1. The van der Waals surface area contributed by atoms with E-state index in [1.54, 1.807) is 18.3 Å². The number of nitro groups is 1. The lowest BCUT2D eigenvalue weighted by atomic mass is 10.1. The third kappa shape index (κ3) is 2.79. The topological polar surface area (TPSA) is 56.0 Å². The van der Waals surface area contributed by atoms with Crippen molar-refractivity contribution in [2.45, 2.75) is 0 Å². The number of rotatable bonds is 3. The molecule has 0 aliphatic carbocycles. The second-order valence-corrected chi connectivity index (χ2v) is 4.60. The summed E-state index contributed by atoms with van der Waals surface area (Å²) in [5.74, 6) is 0. The number of fused-ring (bicyclic) bond motifs is 1. The van der Waals surface area contributed by atoms with E-state index in [0.717, 1.165) is 22.0 Å². The fourth-order valence-electron chi connectivity index (χ4n) is 2.16. The summed E-state index contributed by atoms with van der Waals surface area (Å²) < 4.78 is 0. The molecule has 0 radical (unpaired) electrons. The molecule has 0 aliphatic heterocycles. The summed E-state index contributed by atoms with van der Waals surface area (Å²) in [6.07, 6.45) is 5.70. The van der Waals surface area contributed by atoms with E-state index in [0.29, 0.717) is 0 Å². The van der Waals surface area contributed by atoms with Crippen molar-refractivity contribution in [1.29, 1.82) is 0 Å². The van der Waals surface area contributed by atoms with Gasteiger partial charge in [0.1, 0.15) is 0 Å². The molecular weight excluding hydrogens is 264 g/mol. The third-order valence-corrected chi connectivity index (χ3v) is 3.24. The van der Waals surface area contributed by atoms with Crippen LogP contribution in [0.2, 0.25) is 0 Å². The lowest BCUT2D eigenvalue weighted by Gasteiger charge is -2.01. The second-order valence-electron chi connectivity index (χ2n) is 4.60. The molecule has 0 saturated heterocycles. The molecule has 0 atom stereocenters. The molecule has 2 aromatic carbocycles. The number of nitro benzene ring substituents is 1. The molecule has 1 heterocycles. The van der Waals surface area contributed by atoms with E-state index in [9.17, 15) is 10.1 Å². The highest BCUT2D eigenvalue weighted by molar-refractivity contribution is 5.90. The number of para-hydroxylation sites is 1. The summed E-state index contributed by atoms with van der Waals surface area (Å²) in [6.45, 7) is 0. The number of non-ortho nitro benzene ring substituents is 1. The van der Waals surface area contributed by atoms with Crippen LogP contribution in [0, 0.1) is 10.1 Å². The lowest BCUT2D eigenvalue weighted by molar-refractivity contribution is -0.384. The second kappa shape index (κ2) is 5.54. The Morgan fingerprint density at radius 2 is 1.71 bits per heavy atom. The monoisotopic (exact) mass is 276 g/mol. The van der Waals surface area contributed by atoms with Gasteiger partial charge in [-0.15, -0.1) is 0 Å². The van der Waals surface area contributed by atoms with Gasteiger partial charge in [-0.3, -0.25) is 15.1 Å². The average molecular weight is 276 g/mol. The first-order valence-electron chi connectivity index (χ1n) is 6.50. The van der Waals surface area contributed by atoms with E-state index < -0.39 is 4.92 Å². The number of pyridine rings is 1. The van der Waals surface area contributed by atoms with E-state index in [4.69, 9.17) is 0 Å². The molecule has 1 aromatic heterocycles. The fraction of sp³-hybridized carbons (Fsp3) is 0. The normalized spacial score (nSPS) is 11.0. The van der Waals surface area contributed by atoms with Crippen molar-refractivity contribution in [3.63, 3.8) is 0 Å². The Labute approximate surface area is 121 Å². The van der Waals surface area contributed by atoms with Gasteiger partial charge in [0.15, 0.2) is 0 Å². The highest BCUT2D eigenvalue weighted by Crippen LogP contribution is 2.19. The summed E-state index contributed by atoms with van der Waals surface area (Å²) in [7, 11) is 0. The zero-order chi connectivity index (χ0) is 14.7. The average Bonchev–Trinajstić information content (AvgIpc) is 2.53. The molecule has 4 nitrogen and oxygen atoms in total. The van der Waals surface area contributed by atoms with Crippen molar-refractivity contribution >= 4 is 28.7 Å². The van der Waals surface area contributed by atoms with Gasteiger partial charge in [-0.1, -0.05) is 30.4 Å². The first kappa shape index (κ1) is 13.0. The van der Waals surface area contributed by atoms with Gasteiger partial charge < -0.3 is 0 Å². The van der Waals surface area contributed by atoms with Gasteiger partial charge >= 0.3 is 0 Å². The Hall–Kier alpha value is -3.01.